The zero-order chi connectivity index (χ0) is 14.7. The van der Waals surface area contributed by atoms with Crippen LogP contribution in [0.3, 0.4) is 0 Å². The SMILES string of the molecule is Nc1n[n+]([O-])c2cccc(OCCC(O)CO)c2[n+]1[O-]. The molecular weight excluding hydrogens is 268 g/mol. The van der Waals surface area contributed by atoms with Gasteiger partial charge in [0.05, 0.1) is 19.3 Å². The normalized spacial score (nSPS) is 12.5. The third-order valence-electron chi connectivity index (χ3n) is 2.71. The average Bonchev–Trinajstić information content (AvgIpc) is 2.44. The number of rotatable bonds is 5. The summed E-state index contributed by atoms with van der Waals surface area (Å²) in [5.74, 6) is -0.333. The predicted molar refractivity (Wildman–Crippen MR) is 67.3 cm³/mol. The number of nitrogens with zero attached hydrogens (tertiary/aromatic N) is 3. The molecule has 0 saturated carbocycles. The Morgan fingerprint density at radius 1 is 1.40 bits per heavy atom. The molecule has 1 aromatic carbocycles. The van der Waals surface area contributed by atoms with Gasteiger partial charge in [-0.2, -0.15) is 0 Å². The van der Waals surface area contributed by atoms with Crippen molar-refractivity contribution in [3.63, 3.8) is 0 Å². The highest BCUT2D eigenvalue weighted by molar-refractivity contribution is 5.75. The predicted octanol–water partition coefficient (Wildman–Crippen LogP) is -1.79. The van der Waals surface area contributed by atoms with Gasteiger partial charge in [-0.15, -0.1) is 0 Å². The smallest absolute Gasteiger partial charge is 0.458 e. The Morgan fingerprint density at radius 3 is 2.85 bits per heavy atom. The quantitative estimate of drug-likeness (QED) is 0.434. The number of nitrogens with two attached hydrogens (primary N) is 1. The fraction of sp³-hybridized carbons (Fsp3) is 0.364. The topological polar surface area (TPSA) is 142 Å². The van der Waals surface area contributed by atoms with Crippen molar-refractivity contribution in [2.24, 2.45) is 0 Å². The summed E-state index contributed by atoms with van der Waals surface area (Å²) >= 11 is 0. The van der Waals surface area contributed by atoms with Gasteiger partial charge in [0.1, 0.15) is 0 Å². The Hall–Kier alpha value is -2.39. The molecule has 0 aliphatic heterocycles. The van der Waals surface area contributed by atoms with Crippen LogP contribution in [0, 0.1) is 10.4 Å². The van der Waals surface area contributed by atoms with E-state index in [1.165, 1.54) is 18.2 Å². The zero-order valence-electron chi connectivity index (χ0n) is 10.5. The molecule has 9 nitrogen and oxygen atoms in total. The number of fused-ring (bicyclic) bond motifs is 1. The number of hydrogen-bond donors (Lipinski definition) is 3. The lowest BCUT2D eigenvalue weighted by Crippen LogP contribution is -2.44. The van der Waals surface area contributed by atoms with Gasteiger partial charge in [-0.1, -0.05) is 6.07 Å². The van der Waals surface area contributed by atoms with Gasteiger partial charge in [0.25, 0.3) is 0 Å². The maximum absolute atomic E-state index is 11.9. The first-order chi connectivity index (χ1) is 9.54. The highest BCUT2D eigenvalue weighted by atomic mass is 16.5. The summed E-state index contributed by atoms with van der Waals surface area (Å²) in [5.41, 5.74) is 5.33. The van der Waals surface area contributed by atoms with Crippen LogP contribution in [0.5, 0.6) is 5.75 Å². The Kier molecular flexibility index (Phi) is 4.01. The van der Waals surface area contributed by atoms with Crippen LogP contribution in [0.2, 0.25) is 0 Å². The number of ether oxygens (including phenoxy) is 1. The van der Waals surface area contributed by atoms with Crippen LogP contribution in [-0.4, -0.2) is 34.6 Å². The molecule has 0 bridgehead atoms. The number of anilines is 1. The molecule has 0 aliphatic carbocycles. The number of para-hydroxylation sites is 1. The summed E-state index contributed by atoms with van der Waals surface area (Å²) in [4.78, 5) is 0.245. The molecule has 1 aromatic heterocycles. The standard InChI is InChI=1S/C11H14N4O5/c12-11-13-15(19)8-2-1-3-9(10(8)14(11)18)20-5-4-7(17)6-16/h1-3,7,16-17H,4-6H2,(H2,12,13). The maximum atomic E-state index is 11.9. The second-order valence-electron chi connectivity index (χ2n) is 4.12. The van der Waals surface area contributed by atoms with E-state index in [1.807, 2.05) is 0 Å². The monoisotopic (exact) mass is 282 g/mol. The Labute approximate surface area is 113 Å². The lowest BCUT2D eigenvalue weighted by atomic mass is 10.2. The van der Waals surface area contributed by atoms with Crippen molar-refractivity contribution >= 4 is 17.0 Å². The van der Waals surface area contributed by atoms with E-state index in [-0.39, 0.29) is 41.3 Å². The third kappa shape index (κ3) is 2.63. The largest absolute Gasteiger partial charge is 0.739 e. The molecule has 0 fully saturated rings. The molecule has 1 heterocycles. The molecule has 1 unspecified atom stereocenters. The van der Waals surface area contributed by atoms with Crippen LogP contribution in [0.1, 0.15) is 6.42 Å². The summed E-state index contributed by atoms with van der Waals surface area (Å²) in [7, 11) is 0. The van der Waals surface area contributed by atoms with Gasteiger partial charge >= 0.3 is 11.5 Å². The summed E-state index contributed by atoms with van der Waals surface area (Å²) in [5, 5.41) is 44.7. The number of hydrogen-bond acceptors (Lipinski definition) is 7. The number of aromatic nitrogens is 3. The van der Waals surface area contributed by atoms with Gasteiger partial charge in [-0.05, 0) is 6.07 Å². The first-order valence-electron chi connectivity index (χ1n) is 5.88. The van der Waals surface area contributed by atoms with Crippen molar-refractivity contribution in [3.05, 3.63) is 28.6 Å². The number of benzene rings is 1. The number of aliphatic hydroxyl groups is 2. The van der Waals surface area contributed by atoms with Crippen LogP contribution in [0.15, 0.2) is 18.2 Å². The minimum absolute atomic E-state index is 0.0226. The molecule has 4 N–H and O–H groups in total. The molecule has 2 aromatic rings. The molecule has 0 aliphatic rings. The summed E-state index contributed by atoms with van der Waals surface area (Å²) < 4.78 is 5.66. The molecule has 9 heteroatoms. The summed E-state index contributed by atoms with van der Waals surface area (Å²) in [6.07, 6.45) is -0.718. The average molecular weight is 282 g/mol. The van der Waals surface area contributed by atoms with Crippen molar-refractivity contribution in [2.75, 3.05) is 18.9 Å². The number of nitrogen functional groups attached to an aromatic ring is 1. The molecule has 108 valence electrons. The molecule has 0 spiro atoms. The van der Waals surface area contributed by atoms with E-state index in [0.29, 0.717) is 4.73 Å². The zero-order valence-corrected chi connectivity index (χ0v) is 10.5. The number of aliphatic hydroxyl groups excluding tert-OH is 2. The van der Waals surface area contributed by atoms with E-state index >= 15 is 0 Å². The van der Waals surface area contributed by atoms with Gasteiger partial charge in [-0.25, -0.2) is 4.73 Å². The molecule has 0 saturated heterocycles. The fourth-order valence-corrected chi connectivity index (χ4v) is 1.68. The van der Waals surface area contributed by atoms with Crippen molar-refractivity contribution in [1.29, 1.82) is 0 Å². The first-order valence-corrected chi connectivity index (χ1v) is 5.88. The first kappa shape index (κ1) is 14.0. The lowest BCUT2D eigenvalue weighted by molar-refractivity contribution is -0.672. The van der Waals surface area contributed by atoms with E-state index in [4.69, 9.17) is 15.6 Å². The van der Waals surface area contributed by atoms with Crippen LogP contribution >= 0.6 is 0 Å². The van der Waals surface area contributed by atoms with Crippen molar-refractivity contribution < 1.29 is 24.5 Å². The van der Waals surface area contributed by atoms with Crippen LogP contribution in [-0.2, 0) is 0 Å². The van der Waals surface area contributed by atoms with Crippen LogP contribution < -0.4 is 20.0 Å². The van der Waals surface area contributed by atoms with Crippen LogP contribution in [0.4, 0.5) is 5.95 Å². The molecule has 20 heavy (non-hydrogen) atoms. The van der Waals surface area contributed by atoms with Gasteiger partial charge in [0.2, 0.25) is 10.6 Å². The lowest BCUT2D eigenvalue weighted by Gasteiger charge is -2.13. The Morgan fingerprint density at radius 2 is 2.15 bits per heavy atom. The molecule has 0 radical (unpaired) electrons. The van der Waals surface area contributed by atoms with Crippen LogP contribution in [0.25, 0.3) is 11.0 Å². The highest BCUT2D eigenvalue weighted by Crippen LogP contribution is 2.20. The van der Waals surface area contributed by atoms with Crippen molar-refractivity contribution in [2.45, 2.75) is 12.5 Å². The fourth-order valence-electron chi connectivity index (χ4n) is 1.68. The highest BCUT2D eigenvalue weighted by Gasteiger charge is 2.20. The van der Waals surface area contributed by atoms with Gasteiger partial charge < -0.3 is 25.4 Å². The molecule has 2 rings (SSSR count). The molecule has 1 atom stereocenters. The maximum Gasteiger partial charge on any atom is 0.458 e. The minimum atomic E-state index is -0.902. The van der Waals surface area contributed by atoms with E-state index in [2.05, 4.69) is 5.10 Å². The van der Waals surface area contributed by atoms with E-state index < -0.39 is 12.1 Å². The minimum Gasteiger partial charge on any atom is -0.739 e. The van der Waals surface area contributed by atoms with E-state index in [0.717, 1.165) is 0 Å². The van der Waals surface area contributed by atoms with Gasteiger partial charge in [0, 0.05) is 17.3 Å². The third-order valence-corrected chi connectivity index (χ3v) is 2.71. The van der Waals surface area contributed by atoms with Gasteiger partial charge in [-0.3, -0.25) is 5.73 Å². The van der Waals surface area contributed by atoms with Crippen molar-refractivity contribution in [1.82, 2.24) is 5.10 Å². The van der Waals surface area contributed by atoms with Gasteiger partial charge in [0.15, 0.2) is 5.75 Å². The summed E-state index contributed by atoms with van der Waals surface area (Å²) in [6.45, 7) is -0.306. The van der Waals surface area contributed by atoms with E-state index in [9.17, 15) is 15.5 Å². The van der Waals surface area contributed by atoms with E-state index in [1.54, 1.807) is 0 Å². The van der Waals surface area contributed by atoms with Crippen molar-refractivity contribution in [3.8, 4) is 5.75 Å². The second-order valence-corrected chi connectivity index (χ2v) is 4.12. The molecule has 0 amide bonds. The molecular formula is C11H14N4O5. The summed E-state index contributed by atoms with van der Waals surface area (Å²) in [6, 6.07) is 4.45. The Bertz CT molecular complexity index is 621. The Balaban J connectivity index is 2.34. The second kappa shape index (κ2) is 5.72.